The number of hydrogen-bond acceptors (Lipinski definition) is 12. The highest BCUT2D eigenvalue weighted by Crippen LogP contribution is 2.17. The van der Waals surface area contributed by atoms with Crippen molar-refractivity contribution in [3.63, 3.8) is 0 Å². The van der Waals surface area contributed by atoms with Gasteiger partial charge in [0.2, 0.25) is 23.6 Å². The quantitative estimate of drug-likeness (QED) is 0.135. The van der Waals surface area contributed by atoms with E-state index in [2.05, 4.69) is 0 Å². The maximum Gasteiger partial charge on any atom is 0.307 e. The summed E-state index contributed by atoms with van der Waals surface area (Å²) in [6, 6.07) is 13.6. The summed E-state index contributed by atoms with van der Waals surface area (Å²) in [5.41, 5.74) is 0. The maximum absolute atomic E-state index is 12.6. The lowest BCUT2D eigenvalue weighted by Gasteiger charge is -2.35. The zero-order valence-corrected chi connectivity index (χ0v) is 27.7. The summed E-state index contributed by atoms with van der Waals surface area (Å²) >= 11 is 11.7. The van der Waals surface area contributed by atoms with Crippen molar-refractivity contribution in [2.75, 3.05) is 65.9 Å². The van der Waals surface area contributed by atoms with E-state index in [1.807, 2.05) is 0 Å². The zero-order chi connectivity index (χ0) is 34.5. The van der Waals surface area contributed by atoms with Gasteiger partial charge in [-0.3, -0.25) is 38.6 Å². The summed E-state index contributed by atoms with van der Waals surface area (Å²) in [4.78, 5) is 79.6. The Labute approximate surface area is 287 Å². The largest absolute Gasteiger partial charge is 0.494 e. The van der Waals surface area contributed by atoms with Gasteiger partial charge in [0.05, 0.1) is 39.4 Å². The standard InChI is InChI=1S/C32H36Cl2N4O10/c33-23-5-9-25(10-6-23)45-15-1-3-31(43)47-21-37-27(39)17-35(18-28(37)40)13-14-36-19-29(41)38(30(42)20-36)22-48-32(44)4-2-16-46-26-11-7-24(34)8-12-26/h5-12H,1-4,13-22H2. The number of esters is 2. The van der Waals surface area contributed by atoms with Gasteiger partial charge in [-0.15, -0.1) is 0 Å². The molecule has 4 amide bonds. The number of benzene rings is 2. The maximum atomic E-state index is 12.6. The van der Waals surface area contributed by atoms with Crippen molar-refractivity contribution in [3.05, 3.63) is 58.6 Å². The summed E-state index contributed by atoms with van der Waals surface area (Å²) in [6.07, 6.45) is 0.850. The van der Waals surface area contributed by atoms with Gasteiger partial charge in [0.25, 0.3) is 0 Å². The van der Waals surface area contributed by atoms with Crippen LogP contribution in [0.25, 0.3) is 0 Å². The molecule has 2 saturated heterocycles. The van der Waals surface area contributed by atoms with Gasteiger partial charge in [-0.05, 0) is 61.4 Å². The molecule has 0 bridgehead atoms. The Hall–Kier alpha value is -4.24. The molecule has 0 unspecified atom stereocenters. The molecule has 0 aliphatic carbocycles. The van der Waals surface area contributed by atoms with E-state index in [4.69, 9.17) is 42.1 Å². The number of rotatable bonds is 17. The third-order valence-corrected chi connectivity index (χ3v) is 7.80. The molecule has 2 fully saturated rings. The Morgan fingerprint density at radius 3 is 1.23 bits per heavy atom. The van der Waals surface area contributed by atoms with E-state index in [0.717, 1.165) is 9.80 Å². The van der Waals surface area contributed by atoms with Crippen LogP contribution in [0.3, 0.4) is 0 Å². The second-order valence-corrected chi connectivity index (χ2v) is 11.8. The van der Waals surface area contributed by atoms with Crippen LogP contribution < -0.4 is 9.47 Å². The second-order valence-electron chi connectivity index (χ2n) is 11.0. The van der Waals surface area contributed by atoms with E-state index in [9.17, 15) is 28.8 Å². The van der Waals surface area contributed by atoms with Gasteiger partial charge in [-0.25, -0.2) is 9.80 Å². The fourth-order valence-corrected chi connectivity index (χ4v) is 4.93. The molecule has 0 atom stereocenters. The Kier molecular flexibility index (Phi) is 14.0. The molecule has 14 nitrogen and oxygen atoms in total. The minimum Gasteiger partial charge on any atom is -0.494 e. The highest BCUT2D eigenvalue weighted by atomic mass is 35.5. The second kappa shape index (κ2) is 18.3. The van der Waals surface area contributed by atoms with Crippen LogP contribution >= 0.6 is 23.2 Å². The lowest BCUT2D eigenvalue weighted by molar-refractivity contribution is -0.167. The van der Waals surface area contributed by atoms with E-state index in [1.54, 1.807) is 58.3 Å². The van der Waals surface area contributed by atoms with Crippen molar-refractivity contribution in [2.24, 2.45) is 0 Å². The van der Waals surface area contributed by atoms with Crippen LogP contribution in [0.4, 0.5) is 0 Å². The number of carbonyl (C=O) groups is 6. The predicted molar refractivity (Wildman–Crippen MR) is 171 cm³/mol. The monoisotopic (exact) mass is 706 g/mol. The van der Waals surface area contributed by atoms with E-state index in [-0.39, 0.29) is 65.3 Å². The average Bonchev–Trinajstić information content (AvgIpc) is 3.05. The minimum absolute atomic E-state index is 0.0460. The molecule has 2 aliphatic rings. The first-order valence-corrected chi connectivity index (χ1v) is 16.0. The molecule has 0 saturated carbocycles. The normalized spacial score (nSPS) is 15.9. The number of imide groups is 2. The highest BCUT2D eigenvalue weighted by Gasteiger charge is 2.34. The van der Waals surface area contributed by atoms with Gasteiger partial charge in [0.1, 0.15) is 11.5 Å². The molecular formula is C32H36Cl2N4O10. The molecule has 48 heavy (non-hydrogen) atoms. The molecular weight excluding hydrogens is 671 g/mol. The Balaban J connectivity index is 1.07. The summed E-state index contributed by atoms with van der Waals surface area (Å²) in [5, 5.41) is 1.17. The first kappa shape index (κ1) is 36.6. The number of piperazine rings is 2. The van der Waals surface area contributed by atoms with Gasteiger partial charge >= 0.3 is 11.9 Å². The molecule has 0 spiro atoms. The zero-order valence-electron chi connectivity index (χ0n) is 26.1. The molecule has 258 valence electrons. The van der Waals surface area contributed by atoms with Gasteiger partial charge < -0.3 is 18.9 Å². The van der Waals surface area contributed by atoms with Crippen molar-refractivity contribution in [3.8, 4) is 11.5 Å². The van der Waals surface area contributed by atoms with Gasteiger partial charge in [0, 0.05) is 36.0 Å². The van der Waals surface area contributed by atoms with Crippen LogP contribution in [0.1, 0.15) is 25.7 Å². The van der Waals surface area contributed by atoms with Crippen molar-refractivity contribution in [1.82, 2.24) is 19.6 Å². The highest BCUT2D eigenvalue weighted by molar-refractivity contribution is 6.30. The molecule has 2 aromatic rings. The van der Waals surface area contributed by atoms with Gasteiger partial charge in [-0.1, -0.05) is 23.2 Å². The van der Waals surface area contributed by atoms with Crippen molar-refractivity contribution in [1.29, 1.82) is 0 Å². The van der Waals surface area contributed by atoms with E-state index in [0.29, 0.717) is 34.4 Å². The van der Waals surface area contributed by atoms with Crippen LogP contribution in [-0.2, 0) is 38.2 Å². The lowest BCUT2D eigenvalue weighted by Crippen LogP contribution is -2.58. The van der Waals surface area contributed by atoms with Gasteiger partial charge in [-0.2, -0.15) is 0 Å². The number of carbonyl (C=O) groups excluding carboxylic acids is 6. The smallest absolute Gasteiger partial charge is 0.307 e. The lowest BCUT2D eigenvalue weighted by atomic mass is 10.2. The summed E-state index contributed by atoms with van der Waals surface area (Å²) in [6.45, 7) is -0.307. The number of nitrogens with zero attached hydrogens (tertiary/aromatic N) is 4. The first-order chi connectivity index (χ1) is 23.1. The molecule has 2 aromatic carbocycles. The predicted octanol–water partition coefficient (Wildman–Crippen LogP) is 2.35. The van der Waals surface area contributed by atoms with E-state index >= 15 is 0 Å². The summed E-state index contributed by atoms with van der Waals surface area (Å²) < 4.78 is 21.3. The number of amides is 4. The van der Waals surface area contributed by atoms with Crippen molar-refractivity contribution in [2.45, 2.75) is 25.7 Å². The Bertz CT molecular complexity index is 1310. The van der Waals surface area contributed by atoms with Crippen molar-refractivity contribution >= 4 is 58.8 Å². The summed E-state index contributed by atoms with van der Waals surface area (Å²) in [5.74, 6) is -2.01. The van der Waals surface area contributed by atoms with E-state index in [1.165, 1.54) is 0 Å². The third-order valence-electron chi connectivity index (χ3n) is 7.30. The topological polar surface area (TPSA) is 152 Å². The van der Waals surface area contributed by atoms with Crippen molar-refractivity contribution < 1.29 is 47.7 Å². The Morgan fingerprint density at radius 2 is 0.896 bits per heavy atom. The average molecular weight is 708 g/mol. The molecule has 0 radical (unpaired) electrons. The molecule has 0 N–H and O–H groups in total. The van der Waals surface area contributed by atoms with Crippen LogP contribution in [-0.4, -0.2) is 121 Å². The molecule has 2 aliphatic heterocycles. The summed E-state index contributed by atoms with van der Waals surface area (Å²) in [7, 11) is 0. The molecule has 0 aromatic heterocycles. The van der Waals surface area contributed by atoms with Crippen LogP contribution in [0, 0.1) is 0 Å². The molecule has 16 heteroatoms. The number of halogens is 2. The minimum atomic E-state index is -0.569. The van der Waals surface area contributed by atoms with Gasteiger partial charge in [0.15, 0.2) is 13.5 Å². The third kappa shape index (κ3) is 11.8. The van der Waals surface area contributed by atoms with E-state index < -0.39 is 49.0 Å². The molecule has 4 rings (SSSR count). The van der Waals surface area contributed by atoms with Crippen LogP contribution in [0.15, 0.2) is 48.5 Å². The SMILES string of the molecule is O=C(CCCOc1ccc(Cl)cc1)OCN1C(=O)CN(CCN2CC(=O)N(COC(=O)CCCOc3ccc(Cl)cc3)C(=O)C2)CC1=O. The fraction of sp³-hybridized carbons (Fsp3) is 0.438. The molecule has 2 heterocycles. The number of ether oxygens (including phenoxy) is 4. The van der Waals surface area contributed by atoms with Crippen LogP contribution in [0.2, 0.25) is 10.0 Å². The first-order valence-electron chi connectivity index (χ1n) is 15.3. The van der Waals surface area contributed by atoms with Crippen LogP contribution in [0.5, 0.6) is 11.5 Å². The fourth-order valence-electron chi connectivity index (χ4n) is 4.68. The number of hydrogen-bond donors (Lipinski definition) is 0. The Morgan fingerprint density at radius 1 is 0.562 bits per heavy atom.